The fourth-order valence-electron chi connectivity index (χ4n) is 9.58. The van der Waals surface area contributed by atoms with Crippen molar-refractivity contribution in [3.05, 3.63) is 0 Å². The predicted molar refractivity (Wildman–Crippen MR) is 283 cm³/mol. The summed E-state index contributed by atoms with van der Waals surface area (Å²) in [5, 5.41) is 23.1. The molecule has 2 atom stereocenters. The zero-order valence-electron chi connectivity index (χ0n) is 44.3. The zero-order valence-corrected chi connectivity index (χ0v) is 44.3. The van der Waals surface area contributed by atoms with Crippen LogP contribution in [0.1, 0.15) is 341 Å². The van der Waals surface area contributed by atoms with Gasteiger partial charge in [-0.15, -0.1) is 0 Å². The van der Waals surface area contributed by atoms with Crippen molar-refractivity contribution in [1.29, 1.82) is 0 Å². The number of carbonyl (C=O) groups excluding carboxylic acids is 2. The molecule has 6 nitrogen and oxygen atoms in total. The van der Waals surface area contributed by atoms with E-state index in [1.165, 1.54) is 270 Å². The van der Waals surface area contributed by atoms with Gasteiger partial charge in [-0.2, -0.15) is 0 Å². The van der Waals surface area contributed by atoms with E-state index in [1.54, 1.807) is 0 Å². The molecule has 6 heteroatoms. The topological polar surface area (TPSA) is 95.9 Å². The van der Waals surface area contributed by atoms with E-state index in [-0.39, 0.29) is 18.5 Å². The minimum absolute atomic E-state index is 0.0185. The molecule has 0 aromatic rings. The maximum atomic E-state index is 12.4. The third-order valence-electron chi connectivity index (χ3n) is 14.2. The summed E-state index contributed by atoms with van der Waals surface area (Å²) in [6.45, 7) is 4.96. The van der Waals surface area contributed by atoms with Crippen LogP contribution in [0.2, 0.25) is 0 Å². The summed E-state index contributed by atoms with van der Waals surface area (Å²) in [5.74, 6) is -0.0140. The monoisotopic (exact) mass is 920 g/mol. The number of aliphatic hydroxyl groups is 2. The number of hydrogen-bond acceptors (Lipinski definition) is 5. The van der Waals surface area contributed by atoms with Crippen LogP contribution >= 0.6 is 0 Å². The van der Waals surface area contributed by atoms with Crippen molar-refractivity contribution >= 4 is 11.9 Å². The SMILES string of the molecule is CCCCCCCCCCCCCCC(=O)OCCCCCCCCCCCCCCCCCCCCCCCCCCCCC(=O)NC(CO)C(O)CCCCCCCCCCCC. The molecule has 0 fully saturated rings. The van der Waals surface area contributed by atoms with Crippen LogP contribution in [0.4, 0.5) is 0 Å². The van der Waals surface area contributed by atoms with E-state index in [2.05, 4.69) is 19.2 Å². The number of hydrogen-bond donors (Lipinski definition) is 3. The molecule has 0 aliphatic rings. The van der Waals surface area contributed by atoms with Crippen molar-refractivity contribution in [3.63, 3.8) is 0 Å². The molecule has 0 aromatic carbocycles. The number of amides is 1. The van der Waals surface area contributed by atoms with E-state index in [4.69, 9.17) is 4.74 Å². The van der Waals surface area contributed by atoms with Crippen molar-refractivity contribution < 1.29 is 24.5 Å². The molecule has 1 amide bonds. The smallest absolute Gasteiger partial charge is 0.305 e. The van der Waals surface area contributed by atoms with E-state index in [1.807, 2.05) is 0 Å². The van der Waals surface area contributed by atoms with Gasteiger partial charge in [0, 0.05) is 12.8 Å². The molecule has 2 unspecified atom stereocenters. The molecule has 0 saturated carbocycles. The highest BCUT2D eigenvalue weighted by Gasteiger charge is 2.20. The molecular weight excluding hydrogens is 803 g/mol. The van der Waals surface area contributed by atoms with Crippen molar-refractivity contribution in [2.24, 2.45) is 0 Å². The second-order valence-corrected chi connectivity index (χ2v) is 20.7. The van der Waals surface area contributed by atoms with Crippen LogP contribution in [0.15, 0.2) is 0 Å². The molecule has 0 radical (unpaired) electrons. The molecule has 0 rings (SSSR count). The number of ether oxygens (including phenoxy) is 1. The number of carbonyl (C=O) groups is 2. The maximum Gasteiger partial charge on any atom is 0.305 e. The normalized spacial score (nSPS) is 12.5. The lowest BCUT2D eigenvalue weighted by molar-refractivity contribution is -0.143. The standard InChI is InChI=1S/C59H117NO5/c1-3-5-7-9-11-13-15-33-37-41-45-49-53-59(64)65-54-50-46-42-38-34-31-29-27-25-23-21-19-17-16-18-20-22-24-26-28-30-32-36-40-44-48-52-58(63)60-56(55-61)57(62)51-47-43-39-35-14-12-10-8-6-4-2/h56-57,61-62H,3-55H2,1-2H3,(H,60,63). The Morgan fingerprint density at radius 3 is 0.938 bits per heavy atom. The molecular formula is C59H117NO5. The van der Waals surface area contributed by atoms with Gasteiger partial charge in [-0.1, -0.05) is 303 Å². The largest absolute Gasteiger partial charge is 0.466 e. The van der Waals surface area contributed by atoms with E-state index in [0.29, 0.717) is 25.9 Å². The van der Waals surface area contributed by atoms with Crippen molar-refractivity contribution in [1.82, 2.24) is 5.32 Å². The van der Waals surface area contributed by atoms with Gasteiger partial charge >= 0.3 is 5.97 Å². The highest BCUT2D eigenvalue weighted by molar-refractivity contribution is 5.76. The Bertz CT molecular complexity index is 928. The first-order chi connectivity index (χ1) is 32.0. The molecule has 0 spiro atoms. The number of aliphatic hydroxyl groups excluding tert-OH is 2. The minimum atomic E-state index is -0.659. The number of esters is 1. The summed E-state index contributed by atoms with van der Waals surface area (Å²) >= 11 is 0. The molecule has 0 bridgehead atoms. The Morgan fingerprint density at radius 2 is 0.631 bits per heavy atom. The molecule has 65 heavy (non-hydrogen) atoms. The summed E-state index contributed by atoms with van der Waals surface area (Å²) < 4.78 is 5.47. The lowest BCUT2D eigenvalue weighted by Gasteiger charge is -2.22. The molecule has 3 N–H and O–H groups in total. The molecule has 0 aromatic heterocycles. The minimum Gasteiger partial charge on any atom is -0.466 e. The van der Waals surface area contributed by atoms with Crippen LogP contribution in [0.3, 0.4) is 0 Å². The second kappa shape index (κ2) is 55.5. The zero-order chi connectivity index (χ0) is 47.2. The maximum absolute atomic E-state index is 12.4. The molecule has 0 heterocycles. The number of rotatable bonds is 56. The van der Waals surface area contributed by atoms with E-state index >= 15 is 0 Å². The summed E-state index contributed by atoms with van der Waals surface area (Å²) in [5.41, 5.74) is 0. The Labute approximate surface area is 406 Å². The third kappa shape index (κ3) is 52.1. The lowest BCUT2D eigenvalue weighted by atomic mass is 10.0. The van der Waals surface area contributed by atoms with Gasteiger partial charge in [-0.05, 0) is 25.7 Å². The fraction of sp³-hybridized carbons (Fsp3) is 0.966. The van der Waals surface area contributed by atoms with Crippen LogP contribution in [0.25, 0.3) is 0 Å². The number of nitrogens with one attached hydrogen (secondary N) is 1. The first-order valence-corrected chi connectivity index (χ1v) is 29.8. The summed E-state index contributed by atoms with van der Waals surface area (Å²) in [7, 11) is 0. The Kier molecular flexibility index (Phi) is 54.5. The van der Waals surface area contributed by atoms with Gasteiger partial charge in [0.05, 0.1) is 25.4 Å². The van der Waals surface area contributed by atoms with Crippen LogP contribution in [0.5, 0.6) is 0 Å². The van der Waals surface area contributed by atoms with Gasteiger partial charge in [-0.3, -0.25) is 9.59 Å². The third-order valence-corrected chi connectivity index (χ3v) is 14.2. The van der Waals surface area contributed by atoms with Gasteiger partial charge in [-0.25, -0.2) is 0 Å². The van der Waals surface area contributed by atoms with E-state index in [9.17, 15) is 19.8 Å². The van der Waals surface area contributed by atoms with Crippen molar-refractivity contribution in [2.75, 3.05) is 13.2 Å². The predicted octanol–water partition coefficient (Wildman–Crippen LogP) is 18.3. The van der Waals surface area contributed by atoms with E-state index in [0.717, 1.165) is 38.5 Å². The Balaban J connectivity index is 3.31. The summed E-state index contributed by atoms with van der Waals surface area (Å²) in [6.07, 6.45) is 64.0. The van der Waals surface area contributed by atoms with Gasteiger partial charge in [0.1, 0.15) is 0 Å². The molecule has 0 aliphatic heterocycles. The second-order valence-electron chi connectivity index (χ2n) is 20.7. The lowest BCUT2D eigenvalue weighted by Crippen LogP contribution is -2.45. The van der Waals surface area contributed by atoms with Crippen LogP contribution in [-0.4, -0.2) is 47.4 Å². The van der Waals surface area contributed by atoms with Crippen molar-refractivity contribution in [2.45, 2.75) is 353 Å². The van der Waals surface area contributed by atoms with Crippen LogP contribution in [-0.2, 0) is 14.3 Å². The van der Waals surface area contributed by atoms with Crippen LogP contribution in [0, 0.1) is 0 Å². The van der Waals surface area contributed by atoms with Gasteiger partial charge in [0.15, 0.2) is 0 Å². The highest BCUT2D eigenvalue weighted by Crippen LogP contribution is 2.18. The summed E-state index contributed by atoms with van der Waals surface area (Å²) in [6, 6.07) is -0.536. The van der Waals surface area contributed by atoms with Gasteiger partial charge in [0.2, 0.25) is 5.91 Å². The highest BCUT2D eigenvalue weighted by atomic mass is 16.5. The molecule has 0 saturated heterocycles. The van der Waals surface area contributed by atoms with Gasteiger partial charge < -0.3 is 20.3 Å². The fourth-order valence-corrected chi connectivity index (χ4v) is 9.58. The summed E-state index contributed by atoms with van der Waals surface area (Å²) in [4.78, 5) is 24.4. The van der Waals surface area contributed by atoms with Gasteiger partial charge in [0.25, 0.3) is 0 Å². The van der Waals surface area contributed by atoms with Crippen LogP contribution < -0.4 is 5.32 Å². The number of unbranched alkanes of at least 4 members (excludes halogenated alkanes) is 45. The van der Waals surface area contributed by atoms with E-state index < -0.39 is 12.1 Å². The quantitative estimate of drug-likeness (QED) is 0.0417. The first kappa shape index (κ1) is 63.9. The Morgan fingerprint density at radius 1 is 0.369 bits per heavy atom. The average Bonchev–Trinajstić information content (AvgIpc) is 3.31. The molecule has 0 aliphatic carbocycles. The average molecular weight is 921 g/mol. The van der Waals surface area contributed by atoms with Crippen molar-refractivity contribution in [3.8, 4) is 0 Å². The molecule has 388 valence electrons. The Hall–Kier alpha value is -1.14. The first-order valence-electron chi connectivity index (χ1n) is 29.8.